The van der Waals surface area contributed by atoms with Gasteiger partial charge in [0.2, 0.25) is 5.91 Å². The van der Waals surface area contributed by atoms with Gasteiger partial charge in [0, 0.05) is 25.4 Å². The summed E-state index contributed by atoms with van der Waals surface area (Å²) in [7, 11) is 1.66. The van der Waals surface area contributed by atoms with Gasteiger partial charge in [0.25, 0.3) is 0 Å². The SMILES string of the molecule is COCCc1cnc(C)c(N)n1.O=C1Cc2ccccc2N1. The number of rotatable bonds is 3. The number of nitrogens with zero attached hydrogens (tertiary/aromatic N) is 2. The highest BCUT2D eigenvalue weighted by molar-refractivity contribution is 5.98. The molecule has 1 aromatic carbocycles. The van der Waals surface area contributed by atoms with Crippen LogP contribution in [0.5, 0.6) is 0 Å². The lowest BCUT2D eigenvalue weighted by Gasteiger charge is -2.01. The minimum Gasteiger partial charge on any atom is -0.384 e. The van der Waals surface area contributed by atoms with Crippen molar-refractivity contribution in [2.75, 3.05) is 24.8 Å². The van der Waals surface area contributed by atoms with Crippen molar-refractivity contribution >= 4 is 17.4 Å². The zero-order valence-electron chi connectivity index (χ0n) is 12.8. The molecule has 0 aliphatic carbocycles. The average Bonchev–Trinajstić information content (AvgIpc) is 2.89. The molecule has 0 spiro atoms. The minimum atomic E-state index is 0.0983. The number of amides is 1. The Kier molecular flexibility index (Phi) is 5.43. The van der Waals surface area contributed by atoms with Crippen molar-refractivity contribution < 1.29 is 9.53 Å². The Bertz CT molecular complexity index is 631. The number of aromatic nitrogens is 2. The molecule has 3 N–H and O–H groups in total. The number of carbonyl (C=O) groups is 1. The lowest BCUT2D eigenvalue weighted by atomic mass is 10.2. The van der Waals surface area contributed by atoms with Crippen LogP contribution in [0.25, 0.3) is 0 Å². The van der Waals surface area contributed by atoms with Gasteiger partial charge in [-0.1, -0.05) is 18.2 Å². The van der Waals surface area contributed by atoms with Gasteiger partial charge in [0.05, 0.1) is 24.4 Å². The lowest BCUT2D eigenvalue weighted by Crippen LogP contribution is -2.03. The van der Waals surface area contributed by atoms with Crippen molar-refractivity contribution in [2.45, 2.75) is 19.8 Å². The fourth-order valence-electron chi connectivity index (χ4n) is 1.99. The largest absolute Gasteiger partial charge is 0.384 e. The minimum absolute atomic E-state index is 0.0983. The maximum atomic E-state index is 10.8. The molecule has 0 atom stereocenters. The van der Waals surface area contributed by atoms with Crippen LogP contribution in [0.2, 0.25) is 0 Å². The van der Waals surface area contributed by atoms with Gasteiger partial charge in [-0.25, -0.2) is 4.98 Å². The number of methoxy groups -OCH3 is 1. The van der Waals surface area contributed by atoms with E-state index in [1.54, 1.807) is 13.3 Å². The zero-order chi connectivity index (χ0) is 15.9. The van der Waals surface area contributed by atoms with E-state index >= 15 is 0 Å². The van der Waals surface area contributed by atoms with Crippen LogP contribution < -0.4 is 11.1 Å². The van der Waals surface area contributed by atoms with E-state index in [1.807, 2.05) is 31.2 Å². The molecule has 0 radical (unpaired) electrons. The van der Waals surface area contributed by atoms with E-state index in [4.69, 9.17) is 10.5 Å². The third-order valence-corrected chi connectivity index (χ3v) is 3.25. The highest BCUT2D eigenvalue weighted by Crippen LogP contribution is 2.20. The first-order chi connectivity index (χ1) is 10.6. The van der Waals surface area contributed by atoms with Crippen LogP contribution >= 0.6 is 0 Å². The molecule has 0 unspecified atom stereocenters. The molecule has 6 heteroatoms. The van der Waals surface area contributed by atoms with E-state index in [0.29, 0.717) is 18.8 Å². The predicted molar refractivity (Wildman–Crippen MR) is 85.5 cm³/mol. The summed E-state index contributed by atoms with van der Waals surface area (Å²) in [6, 6.07) is 7.75. The van der Waals surface area contributed by atoms with Crippen LogP contribution in [-0.4, -0.2) is 29.6 Å². The van der Waals surface area contributed by atoms with Crippen molar-refractivity contribution in [1.82, 2.24) is 9.97 Å². The maximum absolute atomic E-state index is 10.8. The normalized spacial score (nSPS) is 12.2. The summed E-state index contributed by atoms with van der Waals surface area (Å²) in [4.78, 5) is 19.0. The molecule has 0 saturated carbocycles. The predicted octanol–water partition coefficient (Wildman–Crippen LogP) is 1.74. The van der Waals surface area contributed by atoms with Gasteiger partial charge in [-0.05, 0) is 18.6 Å². The average molecular weight is 300 g/mol. The number of fused-ring (bicyclic) bond motifs is 1. The number of carbonyl (C=O) groups excluding carboxylic acids is 1. The number of hydrogen-bond acceptors (Lipinski definition) is 5. The molecule has 2 aromatic rings. The number of nitrogens with one attached hydrogen (secondary N) is 1. The number of nitrogen functional groups attached to an aromatic ring is 1. The molecule has 1 aromatic heterocycles. The summed E-state index contributed by atoms with van der Waals surface area (Å²) >= 11 is 0. The van der Waals surface area contributed by atoms with Crippen LogP contribution in [0.15, 0.2) is 30.5 Å². The Labute approximate surface area is 129 Å². The molecule has 22 heavy (non-hydrogen) atoms. The number of hydrogen-bond donors (Lipinski definition) is 2. The first-order valence-corrected chi connectivity index (χ1v) is 7.05. The second kappa shape index (κ2) is 7.51. The van der Waals surface area contributed by atoms with Crippen molar-refractivity contribution in [3.63, 3.8) is 0 Å². The summed E-state index contributed by atoms with van der Waals surface area (Å²) in [5, 5.41) is 2.76. The quantitative estimate of drug-likeness (QED) is 0.901. The molecule has 0 saturated heterocycles. The summed E-state index contributed by atoms with van der Waals surface area (Å²) in [6.45, 7) is 2.49. The molecule has 116 valence electrons. The fraction of sp³-hybridized carbons (Fsp3) is 0.312. The van der Waals surface area contributed by atoms with Crippen molar-refractivity contribution in [1.29, 1.82) is 0 Å². The maximum Gasteiger partial charge on any atom is 0.228 e. The van der Waals surface area contributed by atoms with Crippen LogP contribution in [-0.2, 0) is 22.4 Å². The molecule has 3 rings (SSSR count). The van der Waals surface area contributed by atoms with E-state index in [0.717, 1.165) is 29.1 Å². The first kappa shape index (κ1) is 15.9. The summed E-state index contributed by atoms with van der Waals surface area (Å²) in [5.41, 5.74) is 9.30. The molecule has 1 amide bonds. The molecule has 6 nitrogen and oxygen atoms in total. The summed E-state index contributed by atoms with van der Waals surface area (Å²) < 4.78 is 4.91. The molecule has 2 heterocycles. The molecular weight excluding hydrogens is 280 g/mol. The number of nitrogens with two attached hydrogens (primary N) is 1. The highest BCUT2D eigenvalue weighted by atomic mass is 16.5. The van der Waals surface area contributed by atoms with Gasteiger partial charge >= 0.3 is 0 Å². The third kappa shape index (κ3) is 4.26. The second-order valence-electron chi connectivity index (χ2n) is 4.96. The van der Waals surface area contributed by atoms with Crippen LogP contribution in [0, 0.1) is 6.92 Å². The van der Waals surface area contributed by atoms with Gasteiger partial charge < -0.3 is 15.8 Å². The van der Waals surface area contributed by atoms with E-state index in [9.17, 15) is 4.79 Å². The first-order valence-electron chi connectivity index (χ1n) is 7.05. The highest BCUT2D eigenvalue weighted by Gasteiger charge is 2.15. The van der Waals surface area contributed by atoms with E-state index in [-0.39, 0.29) is 5.91 Å². The van der Waals surface area contributed by atoms with Gasteiger partial charge in [-0.3, -0.25) is 9.78 Å². The van der Waals surface area contributed by atoms with E-state index in [2.05, 4.69) is 15.3 Å². The van der Waals surface area contributed by atoms with Crippen LogP contribution in [0.1, 0.15) is 17.0 Å². The molecule has 1 aliphatic heterocycles. The Morgan fingerprint density at radius 3 is 2.82 bits per heavy atom. The molecule has 0 bridgehead atoms. The van der Waals surface area contributed by atoms with E-state index in [1.165, 1.54) is 0 Å². The Hall–Kier alpha value is -2.47. The number of anilines is 2. The molecular formula is C16H20N4O2. The van der Waals surface area contributed by atoms with Crippen molar-refractivity contribution in [3.8, 4) is 0 Å². The Balaban J connectivity index is 0.000000162. The van der Waals surface area contributed by atoms with Crippen molar-refractivity contribution in [2.24, 2.45) is 0 Å². The topological polar surface area (TPSA) is 90.1 Å². The van der Waals surface area contributed by atoms with Gasteiger partial charge in [0.15, 0.2) is 0 Å². The van der Waals surface area contributed by atoms with Crippen LogP contribution in [0.4, 0.5) is 11.5 Å². The van der Waals surface area contributed by atoms with Gasteiger partial charge in [0.1, 0.15) is 5.82 Å². The van der Waals surface area contributed by atoms with Gasteiger partial charge in [-0.2, -0.15) is 0 Å². The number of benzene rings is 1. The molecule has 1 aliphatic rings. The number of ether oxygens (including phenoxy) is 1. The fourth-order valence-corrected chi connectivity index (χ4v) is 1.99. The smallest absolute Gasteiger partial charge is 0.228 e. The van der Waals surface area contributed by atoms with Crippen molar-refractivity contribution in [3.05, 3.63) is 47.4 Å². The number of para-hydroxylation sites is 1. The third-order valence-electron chi connectivity index (χ3n) is 3.25. The standard InChI is InChI=1S/C8H13N3O.C8H7NO/c1-6-8(9)11-7(5-10-6)3-4-12-2;10-8-5-6-3-1-2-4-7(6)9-8/h5H,3-4H2,1-2H3,(H2,9,11);1-4H,5H2,(H,9,10). The Morgan fingerprint density at radius 1 is 1.36 bits per heavy atom. The Morgan fingerprint density at radius 2 is 2.14 bits per heavy atom. The zero-order valence-corrected chi connectivity index (χ0v) is 12.8. The number of aryl methyl sites for hydroxylation is 1. The molecule has 0 fully saturated rings. The van der Waals surface area contributed by atoms with Crippen LogP contribution in [0.3, 0.4) is 0 Å². The van der Waals surface area contributed by atoms with Gasteiger partial charge in [-0.15, -0.1) is 0 Å². The second-order valence-corrected chi connectivity index (χ2v) is 4.96. The van der Waals surface area contributed by atoms with E-state index < -0.39 is 0 Å². The summed E-state index contributed by atoms with van der Waals surface area (Å²) in [6.07, 6.45) is 3.02. The monoisotopic (exact) mass is 300 g/mol. The lowest BCUT2D eigenvalue weighted by molar-refractivity contribution is -0.115. The summed E-state index contributed by atoms with van der Waals surface area (Å²) in [5.74, 6) is 0.602.